The maximum absolute atomic E-state index is 13.4. The molecule has 0 spiro atoms. The van der Waals surface area contributed by atoms with Crippen molar-refractivity contribution < 1.29 is 22.8 Å². The van der Waals surface area contributed by atoms with Gasteiger partial charge in [-0.05, 0) is 31.2 Å². The zero-order valence-corrected chi connectivity index (χ0v) is 13.7. The number of hydrogen-bond acceptors (Lipinski definition) is 3. The molecule has 1 aromatic carbocycles. The second-order valence-corrected chi connectivity index (χ2v) is 6.30. The summed E-state index contributed by atoms with van der Waals surface area (Å²) < 4.78 is 39.2. The topological polar surface area (TPSA) is 58.2 Å². The van der Waals surface area contributed by atoms with Crippen molar-refractivity contribution in [3.05, 3.63) is 29.6 Å². The summed E-state index contributed by atoms with van der Waals surface area (Å²) in [4.78, 5) is 23.4. The molecule has 2 amide bonds. The van der Waals surface area contributed by atoms with E-state index in [4.69, 9.17) is 0 Å². The van der Waals surface area contributed by atoms with Crippen LogP contribution in [-0.4, -0.2) is 29.4 Å². The van der Waals surface area contributed by atoms with Crippen molar-refractivity contribution in [3.63, 3.8) is 0 Å². The molecule has 1 atom stereocenters. The van der Waals surface area contributed by atoms with Gasteiger partial charge in [-0.3, -0.25) is 9.59 Å². The van der Waals surface area contributed by atoms with Gasteiger partial charge in [-0.25, -0.2) is 13.2 Å². The number of thioether (sulfide) groups is 1. The number of anilines is 1. The first kappa shape index (κ1) is 19.3. The van der Waals surface area contributed by atoms with Gasteiger partial charge < -0.3 is 10.6 Å². The fourth-order valence-electron chi connectivity index (χ4n) is 1.61. The number of rotatable bonds is 8. The van der Waals surface area contributed by atoms with E-state index < -0.39 is 29.0 Å². The Morgan fingerprint density at radius 3 is 2.57 bits per heavy atom. The van der Waals surface area contributed by atoms with E-state index >= 15 is 0 Å². The molecule has 1 unspecified atom stereocenters. The van der Waals surface area contributed by atoms with Crippen LogP contribution in [0.25, 0.3) is 0 Å². The van der Waals surface area contributed by atoms with E-state index in [0.717, 1.165) is 24.7 Å². The fraction of sp³-hybridized carbons (Fsp3) is 0.467. The number of halogens is 3. The normalized spacial score (nSPS) is 11.9. The van der Waals surface area contributed by atoms with Gasteiger partial charge in [-0.2, -0.15) is 0 Å². The number of carbonyl (C=O) groups excluding carboxylic acids is 2. The molecule has 0 saturated carbocycles. The van der Waals surface area contributed by atoms with Crippen LogP contribution in [-0.2, 0) is 9.59 Å². The molecule has 0 bridgehead atoms. The number of hydrogen-bond donors (Lipinski definition) is 2. The summed E-state index contributed by atoms with van der Waals surface area (Å²) in [6, 6.07) is 1.62. The van der Waals surface area contributed by atoms with Crippen molar-refractivity contribution in [2.24, 2.45) is 0 Å². The van der Waals surface area contributed by atoms with Gasteiger partial charge in [-0.15, -0.1) is 11.8 Å². The zero-order valence-electron chi connectivity index (χ0n) is 12.9. The molecule has 0 heterocycles. The van der Waals surface area contributed by atoms with Gasteiger partial charge in [-0.1, -0.05) is 13.3 Å². The lowest BCUT2D eigenvalue weighted by molar-refractivity contribution is -0.123. The number of benzene rings is 1. The summed E-state index contributed by atoms with van der Waals surface area (Å²) in [6.07, 6.45) is 2.03. The second-order valence-electron chi connectivity index (χ2n) is 4.86. The van der Waals surface area contributed by atoms with Crippen LogP contribution in [0.15, 0.2) is 12.1 Å². The standard InChI is InChI=1S/C15H19F3N2O2S/c1-3-4-7-23-9(2)15(22)19-8-12(21)20-11-6-5-10(16)13(17)14(11)18/h5-6,9H,3-4,7-8H2,1-2H3,(H,19,22)(H,20,21). The van der Waals surface area contributed by atoms with E-state index in [2.05, 4.69) is 10.6 Å². The van der Waals surface area contributed by atoms with E-state index in [1.54, 1.807) is 6.92 Å². The minimum absolute atomic E-state index is 0.311. The molecule has 0 aliphatic carbocycles. The number of amides is 2. The van der Waals surface area contributed by atoms with E-state index in [1.165, 1.54) is 11.8 Å². The van der Waals surface area contributed by atoms with Crippen molar-refractivity contribution in [2.75, 3.05) is 17.6 Å². The molecule has 0 aromatic heterocycles. The first-order valence-corrected chi connectivity index (χ1v) is 8.24. The van der Waals surface area contributed by atoms with Gasteiger partial charge in [0.25, 0.3) is 0 Å². The van der Waals surface area contributed by atoms with Crippen molar-refractivity contribution >= 4 is 29.3 Å². The van der Waals surface area contributed by atoms with Crippen LogP contribution in [0.3, 0.4) is 0 Å². The third-order valence-electron chi connectivity index (χ3n) is 2.97. The van der Waals surface area contributed by atoms with Gasteiger partial charge in [0, 0.05) is 0 Å². The molecular weight excluding hydrogens is 329 g/mol. The summed E-state index contributed by atoms with van der Waals surface area (Å²) in [5.41, 5.74) is -0.478. The Bertz CT molecular complexity index is 570. The van der Waals surface area contributed by atoms with Gasteiger partial charge in [0.2, 0.25) is 11.8 Å². The highest BCUT2D eigenvalue weighted by atomic mass is 32.2. The Morgan fingerprint density at radius 2 is 1.91 bits per heavy atom. The molecule has 2 N–H and O–H groups in total. The third kappa shape index (κ3) is 6.13. The summed E-state index contributed by atoms with van der Waals surface area (Å²) in [5.74, 6) is -4.68. The molecule has 0 saturated heterocycles. The van der Waals surface area contributed by atoms with Crippen LogP contribution in [0.5, 0.6) is 0 Å². The summed E-state index contributed by atoms with van der Waals surface area (Å²) in [5, 5.41) is 4.18. The van der Waals surface area contributed by atoms with Crippen molar-refractivity contribution in [1.29, 1.82) is 0 Å². The van der Waals surface area contributed by atoms with Crippen molar-refractivity contribution in [1.82, 2.24) is 5.32 Å². The second kappa shape index (κ2) is 9.44. The lowest BCUT2D eigenvalue weighted by Crippen LogP contribution is -2.37. The predicted molar refractivity (Wildman–Crippen MR) is 84.8 cm³/mol. The van der Waals surface area contributed by atoms with Crippen molar-refractivity contribution in [2.45, 2.75) is 31.9 Å². The first-order valence-electron chi connectivity index (χ1n) is 7.19. The number of nitrogens with one attached hydrogen (secondary N) is 2. The highest BCUT2D eigenvalue weighted by molar-refractivity contribution is 8.00. The Hall–Kier alpha value is -1.70. The zero-order chi connectivity index (χ0) is 17.4. The molecule has 23 heavy (non-hydrogen) atoms. The highest BCUT2D eigenvalue weighted by Gasteiger charge is 2.17. The minimum Gasteiger partial charge on any atom is -0.346 e. The van der Waals surface area contributed by atoms with E-state index in [1.807, 2.05) is 6.92 Å². The summed E-state index contributed by atoms with van der Waals surface area (Å²) >= 11 is 1.48. The molecule has 4 nitrogen and oxygen atoms in total. The van der Waals surface area contributed by atoms with E-state index in [-0.39, 0.29) is 17.7 Å². The van der Waals surface area contributed by atoms with Gasteiger partial charge in [0.05, 0.1) is 17.5 Å². The minimum atomic E-state index is -1.66. The van der Waals surface area contributed by atoms with Crippen LogP contribution < -0.4 is 10.6 Å². The Kier molecular flexibility index (Phi) is 7.94. The molecule has 0 radical (unpaired) electrons. The lowest BCUT2D eigenvalue weighted by Gasteiger charge is -2.12. The Labute approximate surface area is 137 Å². The lowest BCUT2D eigenvalue weighted by atomic mass is 10.2. The molecule has 8 heteroatoms. The first-order chi connectivity index (χ1) is 10.9. The third-order valence-corrected chi connectivity index (χ3v) is 4.21. The van der Waals surface area contributed by atoms with Crippen LogP contribution in [0, 0.1) is 17.5 Å². The predicted octanol–water partition coefficient (Wildman–Crippen LogP) is 3.08. The molecule has 1 rings (SSSR count). The van der Waals surface area contributed by atoms with Gasteiger partial charge in [0.15, 0.2) is 17.5 Å². The van der Waals surface area contributed by atoms with Crippen LogP contribution in [0.4, 0.5) is 18.9 Å². The molecule has 0 aliphatic heterocycles. The fourth-order valence-corrected chi connectivity index (χ4v) is 2.65. The molecule has 0 fully saturated rings. The number of unbranched alkanes of at least 4 members (excludes halogenated alkanes) is 1. The van der Waals surface area contributed by atoms with E-state index in [0.29, 0.717) is 6.07 Å². The molecule has 1 aromatic rings. The van der Waals surface area contributed by atoms with Gasteiger partial charge in [0.1, 0.15) is 0 Å². The van der Waals surface area contributed by atoms with Crippen LogP contribution in [0.1, 0.15) is 26.7 Å². The van der Waals surface area contributed by atoms with E-state index in [9.17, 15) is 22.8 Å². The largest absolute Gasteiger partial charge is 0.346 e. The molecule has 128 valence electrons. The average molecular weight is 348 g/mol. The van der Waals surface area contributed by atoms with Gasteiger partial charge >= 0.3 is 0 Å². The molecular formula is C15H19F3N2O2S. The monoisotopic (exact) mass is 348 g/mol. The Balaban J connectivity index is 2.45. The summed E-state index contributed by atoms with van der Waals surface area (Å²) in [7, 11) is 0. The maximum atomic E-state index is 13.4. The highest BCUT2D eigenvalue weighted by Crippen LogP contribution is 2.19. The van der Waals surface area contributed by atoms with Crippen LogP contribution >= 0.6 is 11.8 Å². The quantitative estimate of drug-likeness (QED) is 0.561. The number of carbonyl (C=O) groups is 2. The van der Waals surface area contributed by atoms with Crippen molar-refractivity contribution in [3.8, 4) is 0 Å². The average Bonchev–Trinajstić information content (AvgIpc) is 2.53. The Morgan fingerprint density at radius 1 is 1.22 bits per heavy atom. The smallest absolute Gasteiger partial charge is 0.243 e. The summed E-state index contributed by atoms with van der Waals surface area (Å²) in [6.45, 7) is 3.39. The molecule has 0 aliphatic rings. The maximum Gasteiger partial charge on any atom is 0.243 e. The van der Waals surface area contributed by atoms with Crippen LogP contribution in [0.2, 0.25) is 0 Å². The SMILES string of the molecule is CCCCSC(C)C(=O)NCC(=O)Nc1ccc(F)c(F)c1F.